The lowest BCUT2D eigenvalue weighted by Gasteiger charge is -2.27. The summed E-state index contributed by atoms with van der Waals surface area (Å²) < 4.78 is 5.40. The Bertz CT molecular complexity index is 828. The van der Waals surface area contributed by atoms with Gasteiger partial charge in [0.25, 0.3) is 5.91 Å². The third kappa shape index (κ3) is 3.96. The molecule has 0 radical (unpaired) electrons. The summed E-state index contributed by atoms with van der Waals surface area (Å²) in [5.41, 5.74) is 4.88. The number of benzene rings is 2. The molecule has 0 heterocycles. The zero-order chi connectivity index (χ0) is 18.7. The molecule has 1 aliphatic carbocycles. The number of hydrogen-bond acceptors (Lipinski definition) is 3. The second-order valence-electron chi connectivity index (χ2n) is 7.02. The quantitative estimate of drug-likeness (QED) is 0.846. The summed E-state index contributed by atoms with van der Waals surface area (Å²) in [6.45, 7) is 5.46. The topological polar surface area (TPSA) is 55.4 Å². The van der Waals surface area contributed by atoms with Crippen molar-refractivity contribution in [1.29, 1.82) is 0 Å². The number of carbonyl (C=O) groups excluding carboxylic acids is 2. The molecule has 26 heavy (non-hydrogen) atoms. The van der Waals surface area contributed by atoms with E-state index in [9.17, 15) is 9.59 Å². The Morgan fingerprint density at radius 1 is 1.15 bits per heavy atom. The predicted molar refractivity (Wildman–Crippen MR) is 101 cm³/mol. The van der Waals surface area contributed by atoms with E-state index in [-0.39, 0.29) is 11.9 Å². The molecule has 2 unspecified atom stereocenters. The van der Waals surface area contributed by atoms with Crippen LogP contribution in [0.4, 0.5) is 0 Å². The third-order valence-electron chi connectivity index (χ3n) is 4.94. The molecular weight excluding hydrogens is 326 g/mol. The van der Waals surface area contributed by atoms with Crippen molar-refractivity contribution in [3.63, 3.8) is 0 Å². The number of esters is 1. The van der Waals surface area contributed by atoms with Crippen molar-refractivity contribution in [2.45, 2.75) is 52.2 Å². The highest BCUT2D eigenvalue weighted by molar-refractivity contribution is 5.93. The van der Waals surface area contributed by atoms with E-state index in [1.807, 2.05) is 38.1 Å². The number of carbonyl (C=O) groups is 2. The number of aryl methyl sites for hydroxylation is 3. The predicted octanol–water partition coefficient (Wildman–Crippen LogP) is 4.04. The molecule has 0 spiro atoms. The lowest BCUT2D eigenvalue weighted by atomic mass is 9.87. The largest absolute Gasteiger partial charge is 0.449 e. The van der Waals surface area contributed by atoms with Gasteiger partial charge in [-0.3, -0.25) is 4.79 Å². The fourth-order valence-electron chi connectivity index (χ4n) is 3.51. The maximum atomic E-state index is 12.5. The van der Waals surface area contributed by atoms with E-state index in [2.05, 4.69) is 17.4 Å². The van der Waals surface area contributed by atoms with E-state index in [0.29, 0.717) is 5.56 Å². The average Bonchev–Trinajstić information content (AvgIpc) is 2.61. The van der Waals surface area contributed by atoms with Gasteiger partial charge in [-0.15, -0.1) is 0 Å². The number of rotatable bonds is 4. The van der Waals surface area contributed by atoms with Gasteiger partial charge in [-0.1, -0.05) is 42.0 Å². The standard InChI is InChI=1S/C22H25NO3/c1-14-11-12-18(15(2)13-14)22(25)26-16(3)21(24)23-20-10-6-8-17-7-4-5-9-19(17)20/h4-5,7,9,11-13,16,20H,6,8,10H2,1-3H3,(H,23,24). The lowest BCUT2D eigenvalue weighted by molar-refractivity contribution is -0.130. The van der Waals surface area contributed by atoms with Crippen LogP contribution in [-0.4, -0.2) is 18.0 Å². The van der Waals surface area contributed by atoms with Crippen molar-refractivity contribution in [2.75, 3.05) is 0 Å². The Labute approximate surface area is 154 Å². The fraction of sp³-hybridized carbons (Fsp3) is 0.364. The number of ether oxygens (including phenoxy) is 1. The van der Waals surface area contributed by atoms with E-state index < -0.39 is 12.1 Å². The summed E-state index contributed by atoms with van der Waals surface area (Å²) in [5.74, 6) is -0.723. The summed E-state index contributed by atoms with van der Waals surface area (Å²) in [7, 11) is 0. The maximum absolute atomic E-state index is 12.5. The van der Waals surface area contributed by atoms with Gasteiger partial charge in [0, 0.05) is 0 Å². The minimum absolute atomic E-state index is 0.0188. The first-order valence-electron chi connectivity index (χ1n) is 9.12. The summed E-state index contributed by atoms with van der Waals surface area (Å²) in [5, 5.41) is 3.04. The van der Waals surface area contributed by atoms with Gasteiger partial charge < -0.3 is 10.1 Å². The van der Waals surface area contributed by atoms with Crippen LogP contribution in [0.15, 0.2) is 42.5 Å². The highest BCUT2D eigenvalue weighted by Gasteiger charge is 2.25. The van der Waals surface area contributed by atoms with Gasteiger partial charge >= 0.3 is 5.97 Å². The van der Waals surface area contributed by atoms with Crippen LogP contribution in [0.1, 0.15) is 58.4 Å². The second kappa shape index (κ2) is 7.73. The second-order valence-corrected chi connectivity index (χ2v) is 7.02. The smallest absolute Gasteiger partial charge is 0.339 e. The number of hydrogen-bond donors (Lipinski definition) is 1. The first-order valence-corrected chi connectivity index (χ1v) is 9.12. The molecule has 136 valence electrons. The lowest BCUT2D eigenvalue weighted by Crippen LogP contribution is -2.39. The molecule has 0 saturated carbocycles. The van der Waals surface area contributed by atoms with Crippen molar-refractivity contribution in [3.8, 4) is 0 Å². The molecule has 0 fully saturated rings. The molecular formula is C22H25NO3. The molecule has 4 nitrogen and oxygen atoms in total. The Kier molecular flexibility index (Phi) is 5.40. The highest BCUT2D eigenvalue weighted by atomic mass is 16.5. The molecule has 2 aromatic carbocycles. The normalized spacial score (nSPS) is 17.1. The Morgan fingerprint density at radius 2 is 1.92 bits per heavy atom. The van der Waals surface area contributed by atoms with Crippen LogP contribution in [0.2, 0.25) is 0 Å². The van der Waals surface area contributed by atoms with Gasteiger partial charge in [-0.05, 0) is 62.8 Å². The number of fused-ring (bicyclic) bond motifs is 1. The van der Waals surface area contributed by atoms with E-state index in [4.69, 9.17) is 4.74 Å². The Morgan fingerprint density at radius 3 is 2.69 bits per heavy atom. The van der Waals surface area contributed by atoms with Crippen molar-refractivity contribution in [2.24, 2.45) is 0 Å². The molecule has 2 aromatic rings. The molecule has 1 amide bonds. The molecule has 2 atom stereocenters. The van der Waals surface area contributed by atoms with Crippen molar-refractivity contribution >= 4 is 11.9 Å². The molecule has 1 N–H and O–H groups in total. The van der Waals surface area contributed by atoms with Crippen LogP contribution in [-0.2, 0) is 16.0 Å². The van der Waals surface area contributed by atoms with Gasteiger partial charge in [0.15, 0.2) is 6.10 Å². The summed E-state index contributed by atoms with van der Waals surface area (Å²) in [6, 6.07) is 13.7. The molecule has 0 aliphatic heterocycles. The van der Waals surface area contributed by atoms with Crippen LogP contribution < -0.4 is 5.32 Å². The molecule has 1 aliphatic rings. The first-order chi connectivity index (χ1) is 12.5. The zero-order valence-electron chi connectivity index (χ0n) is 15.5. The van der Waals surface area contributed by atoms with Crippen LogP contribution in [0, 0.1) is 13.8 Å². The van der Waals surface area contributed by atoms with E-state index in [1.54, 1.807) is 13.0 Å². The summed E-state index contributed by atoms with van der Waals surface area (Å²) in [4.78, 5) is 24.9. The van der Waals surface area contributed by atoms with E-state index >= 15 is 0 Å². The molecule has 0 aromatic heterocycles. The molecule has 0 saturated heterocycles. The SMILES string of the molecule is Cc1ccc(C(=O)OC(C)C(=O)NC2CCCc3ccccc32)c(C)c1. The van der Waals surface area contributed by atoms with Crippen LogP contribution in [0.3, 0.4) is 0 Å². The van der Waals surface area contributed by atoms with Gasteiger partial charge in [0.05, 0.1) is 11.6 Å². The van der Waals surface area contributed by atoms with Crippen LogP contribution in [0.5, 0.6) is 0 Å². The summed E-state index contributed by atoms with van der Waals surface area (Å²) in [6.07, 6.45) is 2.15. The third-order valence-corrected chi connectivity index (χ3v) is 4.94. The fourth-order valence-corrected chi connectivity index (χ4v) is 3.51. The van der Waals surface area contributed by atoms with Crippen molar-refractivity contribution < 1.29 is 14.3 Å². The van der Waals surface area contributed by atoms with Crippen LogP contribution >= 0.6 is 0 Å². The van der Waals surface area contributed by atoms with Gasteiger partial charge in [0.1, 0.15) is 0 Å². The van der Waals surface area contributed by atoms with Gasteiger partial charge in [0.2, 0.25) is 0 Å². The Hall–Kier alpha value is -2.62. The van der Waals surface area contributed by atoms with Gasteiger partial charge in [-0.25, -0.2) is 4.79 Å². The number of nitrogens with one attached hydrogen (secondary N) is 1. The van der Waals surface area contributed by atoms with Crippen molar-refractivity contribution in [3.05, 3.63) is 70.3 Å². The molecule has 4 heteroatoms. The zero-order valence-corrected chi connectivity index (χ0v) is 15.5. The van der Waals surface area contributed by atoms with Crippen LogP contribution in [0.25, 0.3) is 0 Å². The maximum Gasteiger partial charge on any atom is 0.339 e. The first kappa shape index (κ1) is 18.2. The van der Waals surface area contributed by atoms with Gasteiger partial charge in [-0.2, -0.15) is 0 Å². The van der Waals surface area contributed by atoms with E-state index in [0.717, 1.165) is 30.4 Å². The minimum Gasteiger partial charge on any atom is -0.449 e. The Balaban J connectivity index is 1.64. The number of amides is 1. The molecule has 3 rings (SSSR count). The van der Waals surface area contributed by atoms with E-state index in [1.165, 1.54) is 11.1 Å². The monoisotopic (exact) mass is 351 g/mol. The highest BCUT2D eigenvalue weighted by Crippen LogP contribution is 2.29. The average molecular weight is 351 g/mol. The molecule has 0 bridgehead atoms. The van der Waals surface area contributed by atoms with Crippen molar-refractivity contribution in [1.82, 2.24) is 5.32 Å². The summed E-state index contributed by atoms with van der Waals surface area (Å²) >= 11 is 0. The minimum atomic E-state index is -0.836.